The minimum atomic E-state index is 0. The van der Waals surface area contributed by atoms with E-state index in [0.717, 1.165) is 50.0 Å². The molecule has 1 saturated heterocycles. The molecular formula is C21H29Cl2N3O. The van der Waals surface area contributed by atoms with E-state index in [-0.39, 0.29) is 30.7 Å². The van der Waals surface area contributed by atoms with Gasteiger partial charge in [0, 0.05) is 37.6 Å². The lowest BCUT2D eigenvalue weighted by molar-refractivity contribution is 0.0739. The second kappa shape index (κ2) is 12.0. The Hall–Kier alpha value is -1.62. The van der Waals surface area contributed by atoms with E-state index >= 15 is 0 Å². The molecule has 1 atom stereocenters. The highest BCUT2D eigenvalue weighted by Gasteiger charge is 2.24. The molecular weight excluding hydrogens is 381 g/mol. The van der Waals surface area contributed by atoms with Crippen molar-refractivity contribution in [2.24, 2.45) is 0 Å². The van der Waals surface area contributed by atoms with Crippen molar-refractivity contribution in [3.63, 3.8) is 0 Å². The van der Waals surface area contributed by atoms with Gasteiger partial charge in [0.15, 0.2) is 0 Å². The summed E-state index contributed by atoms with van der Waals surface area (Å²) in [6.07, 6.45) is 6.80. The van der Waals surface area contributed by atoms with Crippen LogP contribution in [-0.2, 0) is 6.54 Å². The Labute approximate surface area is 174 Å². The molecule has 1 aliphatic heterocycles. The number of pyridine rings is 1. The summed E-state index contributed by atoms with van der Waals surface area (Å²) in [6.45, 7) is 5.54. The molecule has 148 valence electrons. The van der Waals surface area contributed by atoms with Crippen LogP contribution in [0.2, 0.25) is 0 Å². The molecule has 6 heteroatoms. The van der Waals surface area contributed by atoms with Crippen LogP contribution in [0.3, 0.4) is 0 Å². The van der Waals surface area contributed by atoms with Gasteiger partial charge in [-0.3, -0.25) is 9.78 Å². The molecule has 0 spiro atoms. The summed E-state index contributed by atoms with van der Waals surface area (Å²) in [5.74, 6) is 0.575. The number of carbonyl (C=O) groups is 1. The van der Waals surface area contributed by atoms with Crippen molar-refractivity contribution in [1.82, 2.24) is 15.2 Å². The van der Waals surface area contributed by atoms with Crippen molar-refractivity contribution in [2.45, 2.75) is 38.6 Å². The quantitative estimate of drug-likeness (QED) is 0.734. The van der Waals surface area contributed by atoms with Gasteiger partial charge in [0.1, 0.15) is 0 Å². The minimum absolute atomic E-state index is 0. The highest BCUT2D eigenvalue weighted by Crippen LogP contribution is 2.27. The first-order chi connectivity index (χ1) is 12.3. The molecule has 2 aromatic rings. The maximum atomic E-state index is 13.3. The van der Waals surface area contributed by atoms with Crippen LogP contribution in [-0.4, -0.2) is 35.4 Å². The third-order valence-corrected chi connectivity index (χ3v) is 4.86. The van der Waals surface area contributed by atoms with E-state index < -0.39 is 0 Å². The fraction of sp³-hybridized carbons (Fsp3) is 0.429. The molecule has 2 heterocycles. The van der Waals surface area contributed by atoms with Crippen LogP contribution in [0, 0.1) is 0 Å². The lowest BCUT2D eigenvalue weighted by atomic mass is 9.92. The zero-order valence-electron chi connectivity index (χ0n) is 15.8. The molecule has 1 fully saturated rings. The molecule has 1 amide bonds. The number of carbonyl (C=O) groups excluding carboxylic acids is 1. The van der Waals surface area contributed by atoms with Gasteiger partial charge >= 0.3 is 0 Å². The molecule has 1 aromatic heterocycles. The Morgan fingerprint density at radius 2 is 2.04 bits per heavy atom. The Morgan fingerprint density at radius 1 is 1.22 bits per heavy atom. The molecule has 0 saturated carbocycles. The Morgan fingerprint density at radius 3 is 2.70 bits per heavy atom. The molecule has 0 aliphatic carbocycles. The fourth-order valence-electron chi connectivity index (χ4n) is 3.45. The maximum absolute atomic E-state index is 13.3. The lowest BCUT2D eigenvalue weighted by Crippen LogP contribution is -2.32. The summed E-state index contributed by atoms with van der Waals surface area (Å²) in [7, 11) is 0. The van der Waals surface area contributed by atoms with Crippen LogP contribution in [0.1, 0.15) is 53.6 Å². The summed E-state index contributed by atoms with van der Waals surface area (Å²) in [4.78, 5) is 19.5. The Kier molecular flexibility index (Phi) is 10.4. The number of hydrogen-bond donors (Lipinski definition) is 1. The SMILES string of the molecule is CCCCN(Cc1cccnc1)C(=O)c1ccccc1C1CCNC1.Cl.Cl. The number of nitrogens with zero attached hydrogens (tertiary/aromatic N) is 2. The van der Waals surface area contributed by atoms with Crippen molar-refractivity contribution < 1.29 is 4.79 Å². The van der Waals surface area contributed by atoms with Crippen LogP contribution in [0.4, 0.5) is 0 Å². The van der Waals surface area contributed by atoms with Crippen LogP contribution in [0.25, 0.3) is 0 Å². The normalized spacial score (nSPS) is 15.5. The van der Waals surface area contributed by atoms with Crippen LogP contribution < -0.4 is 5.32 Å². The first-order valence-electron chi connectivity index (χ1n) is 9.27. The van der Waals surface area contributed by atoms with E-state index in [2.05, 4.69) is 23.3 Å². The average Bonchev–Trinajstić information content (AvgIpc) is 3.20. The number of halogens is 2. The standard InChI is InChI=1S/C21H27N3O.2ClH/c1-2-3-13-24(16-17-7-6-11-22-14-17)21(25)20-9-5-4-8-19(20)18-10-12-23-15-18;;/h4-9,11,14,18,23H,2-3,10,12-13,15-16H2,1H3;2*1H. The van der Waals surface area contributed by atoms with Gasteiger partial charge in [-0.1, -0.05) is 37.6 Å². The molecule has 27 heavy (non-hydrogen) atoms. The average molecular weight is 410 g/mol. The van der Waals surface area contributed by atoms with E-state index in [4.69, 9.17) is 0 Å². The number of nitrogens with one attached hydrogen (secondary N) is 1. The van der Waals surface area contributed by atoms with Gasteiger partial charge in [0.25, 0.3) is 5.91 Å². The van der Waals surface area contributed by atoms with Gasteiger partial charge < -0.3 is 10.2 Å². The first-order valence-corrected chi connectivity index (χ1v) is 9.27. The highest BCUT2D eigenvalue weighted by atomic mass is 35.5. The van der Waals surface area contributed by atoms with E-state index in [1.807, 2.05) is 41.4 Å². The number of amides is 1. The second-order valence-electron chi connectivity index (χ2n) is 6.72. The molecule has 0 radical (unpaired) electrons. The van der Waals surface area contributed by atoms with Crippen molar-refractivity contribution in [2.75, 3.05) is 19.6 Å². The molecule has 1 aliphatic rings. The molecule has 1 unspecified atom stereocenters. The predicted octanol–water partition coefficient (Wildman–Crippen LogP) is 4.44. The zero-order valence-corrected chi connectivity index (χ0v) is 17.4. The van der Waals surface area contributed by atoms with E-state index in [1.54, 1.807) is 6.20 Å². The van der Waals surface area contributed by atoms with Gasteiger partial charge in [-0.2, -0.15) is 0 Å². The largest absolute Gasteiger partial charge is 0.334 e. The third-order valence-electron chi connectivity index (χ3n) is 4.86. The number of rotatable bonds is 7. The first kappa shape index (κ1) is 23.4. The molecule has 4 nitrogen and oxygen atoms in total. The van der Waals surface area contributed by atoms with Crippen LogP contribution in [0.15, 0.2) is 48.8 Å². The smallest absolute Gasteiger partial charge is 0.254 e. The number of hydrogen-bond acceptors (Lipinski definition) is 3. The van der Waals surface area contributed by atoms with E-state index in [1.165, 1.54) is 5.56 Å². The van der Waals surface area contributed by atoms with Gasteiger partial charge in [-0.05, 0) is 48.6 Å². The summed E-state index contributed by atoms with van der Waals surface area (Å²) in [5.41, 5.74) is 3.12. The van der Waals surface area contributed by atoms with Gasteiger partial charge in [-0.15, -0.1) is 24.8 Å². The number of benzene rings is 1. The Balaban J connectivity index is 0.00000182. The van der Waals surface area contributed by atoms with Gasteiger partial charge in [-0.25, -0.2) is 0 Å². The minimum Gasteiger partial charge on any atom is -0.334 e. The van der Waals surface area contributed by atoms with Crippen molar-refractivity contribution in [3.05, 3.63) is 65.5 Å². The maximum Gasteiger partial charge on any atom is 0.254 e. The van der Waals surface area contributed by atoms with Crippen LogP contribution in [0.5, 0.6) is 0 Å². The van der Waals surface area contributed by atoms with Crippen molar-refractivity contribution >= 4 is 30.7 Å². The predicted molar refractivity (Wildman–Crippen MR) is 115 cm³/mol. The third kappa shape index (κ3) is 6.20. The molecule has 1 aromatic carbocycles. The summed E-state index contributed by atoms with van der Waals surface area (Å²) < 4.78 is 0. The topological polar surface area (TPSA) is 45.2 Å². The van der Waals surface area contributed by atoms with Crippen LogP contribution >= 0.6 is 24.8 Å². The zero-order chi connectivity index (χ0) is 17.5. The summed E-state index contributed by atoms with van der Waals surface area (Å²) in [5, 5.41) is 3.41. The molecule has 3 rings (SSSR count). The van der Waals surface area contributed by atoms with Gasteiger partial charge in [0.05, 0.1) is 0 Å². The second-order valence-corrected chi connectivity index (χ2v) is 6.72. The van der Waals surface area contributed by atoms with E-state index in [0.29, 0.717) is 12.5 Å². The van der Waals surface area contributed by atoms with Gasteiger partial charge in [0.2, 0.25) is 0 Å². The lowest BCUT2D eigenvalue weighted by Gasteiger charge is -2.25. The monoisotopic (exact) mass is 409 g/mol. The van der Waals surface area contributed by atoms with E-state index in [9.17, 15) is 4.79 Å². The molecule has 0 bridgehead atoms. The fourth-order valence-corrected chi connectivity index (χ4v) is 3.45. The molecule has 1 N–H and O–H groups in total. The Bertz CT molecular complexity index is 691. The number of aromatic nitrogens is 1. The van der Waals surface area contributed by atoms with Crippen molar-refractivity contribution in [1.29, 1.82) is 0 Å². The summed E-state index contributed by atoms with van der Waals surface area (Å²) >= 11 is 0. The van der Waals surface area contributed by atoms with Crippen molar-refractivity contribution in [3.8, 4) is 0 Å². The number of unbranched alkanes of at least 4 members (excludes halogenated alkanes) is 1. The summed E-state index contributed by atoms with van der Waals surface area (Å²) in [6, 6.07) is 12.1. The highest BCUT2D eigenvalue weighted by molar-refractivity contribution is 5.96.